The maximum atomic E-state index is 12.4. The predicted molar refractivity (Wildman–Crippen MR) is 101 cm³/mol. The van der Waals surface area contributed by atoms with Crippen LogP contribution in [0, 0.1) is 0 Å². The number of anilines is 2. The number of hydrogen-bond donors (Lipinski definition) is 1. The molecule has 3 aromatic rings. The molecule has 0 radical (unpaired) electrons. The van der Waals surface area contributed by atoms with Crippen molar-refractivity contribution in [2.75, 3.05) is 23.8 Å². The second-order valence-corrected chi connectivity index (χ2v) is 5.55. The largest absolute Gasteiger partial charge is 0.455 e. The predicted octanol–water partition coefficient (Wildman–Crippen LogP) is 4.55. The molecule has 0 aliphatic rings. The lowest BCUT2D eigenvalue weighted by atomic mass is 10.2. The quantitative estimate of drug-likeness (QED) is 0.720. The topological polar surface area (TPSA) is 41.6 Å². The normalized spacial score (nSPS) is 10.1. The SMILES string of the molecule is CN(C(=O)CNc1ccccc1Oc1ccccc1)c1ccccc1. The fourth-order valence-corrected chi connectivity index (χ4v) is 2.40. The standard InChI is InChI=1S/C21H20N2O2/c1-23(17-10-4-2-5-11-17)21(24)16-22-19-14-8-9-15-20(19)25-18-12-6-3-7-13-18/h2-15,22H,16H2,1H3. The summed E-state index contributed by atoms with van der Waals surface area (Å²) in [6, 6.07) is 26.7. The monoisotopic (exact) mass is 332 g/mol. The number of para-hydroxylation sites is 4. The summed E-state index contributed by atoms with van der Waals surface area (Å²) in [7, 11) is 1.77. The molecule has 3 aromatic carbocycles. The third kappa shape index (κ3) is 4.38. The van der Waals surface area contributed by atoms with Crippen LogP contribution in [-0.4, -0.2) is 19.5 Å². The molecule has 0 aliphatic carbocycles. The molecular weight excluding hydrogens is 312 g/mol. The van der Waals surface area contributed by atoms with Crippen LogP contribution in [0.1, 0.15) is 0 Å². The van der Waals surface area contributed by atoms with Crippen molar-refractivity contribution in [3.63, 3.8) is 0 Å². The molecule has 126 valence electrons. The molecule has 0 fully saturated rings. The molecule has 25 heavy (non-hydrogen) atoms. The number of hydrogen-bond acceptors (Lipinski definition) is 3. The Morgan fingerprint density at radius 3 is 2.20 bits per heavy atom. The van der Waals surface area contributed by atoms with Crippen molar-refractivity contribution >= 4 is 17.3 Å². The van der Waals surface area contributed by atoms with Crippen molar-refractivity contribution in [3.8, 4) is 11.5 Å². The number of likely N-dealkylation sites (N-methyl/N-ethyl adjacent to an activating group) is 1. The van der Waals surface area contributed by atoms with E-state index in [0.29, 0.717) is 5.75 Å². The Labute approximate surface area is 147 Å². The van der Waals surface area contributed by atoms with Gasteiger partial charge in [0, 0.05) is 12.7 Å². The molecular formula is C21H20N2O2. The van der Waals surface area contributed by atoms with E-state index in [4.69, 9.17) is 4.74 Å². The number of nitrogens with one attached hydrogen (secondary N) is 1. The number of amides is 1. The minimum atomic E-state index is -0.0271. The van der Waals surface area contributed by atoms with Crippen LogP contribution in [0.3, 0.4) is 0 Å². The molecule has 4 nitrogen and oxygen atoms in total. The van der Waals surface area contributed by atoms with Crippen molar-refractivity contribution < 1.29 is 9.53 Å². The Hall–Kier alpha value is -3.27. The van der Waals surface area contributed by atoms with Crippen molar-refractivity contribution in [2.24, 2.45) is 0 Å². The highest BCUT2D eigenvalue weighted by Crippen LogP contribution is 2.29. The highest BCUT2D eigenvalue weighted by atomic mass is 16.5. The van der Waals surface area contributed by atoms with Gasteiger partial charge in [-0.15, -0.1) is 0 Å². The van der Waals surface area contributed by atoms with Crippen molar-refractivity contribution in [1.29, 1.82) is 0 Å². The maximum absolute atomic E-state index is 12.4. The molecule has 0 saturated carbocycles. The first-order valence-corrected chi connectivity index (χ1v) is 8.11. The van der Waals surface area contributed by atoms with Crippen LogP contribution < -0.4 is 15.0 Å². The molecule has 0 heterocycles. The van der Waals surface area contributed by atoms with Crippen molar-refractivity contribution in [2.45, 2.75) is 0 Å². The first-order valence-electron chi connectivity index (χ1n) is 8.11. The Balaban J connectivity index is 1.66. The third-order valence-corrected chi connectivity index (χ3v) is 3.81. The van der Waals surface area contributed by atoms with E-state index in [0.717, 1.165) is 17.1 Å². The van der Waals surface area contributed by atoms with Crippen molar-refractivity contribution in [3.05, 3.63) is 84.9 Å². The molecule has 1 N–H and O–H groups in total. The number of benzene rings is 3. The van der Waals surface area contributed by atoms with E-state index in [1.54, 1.807) is 11.9 Å². The molecule has 0 atom stereocenters. The third-order valence-electron chi connectivity index (χ3n) is 3.81. The molecule has 1 amide bonds. The zero-order valence-electron chi connectivity index (χ0n) is 14.1. The van der Waals surface area contributed by atoms with Crippen LogP contribution >= 0.6 is 0 Å². The summed E-state index contributed by atoms with van der Waals surface area (Å²) in [5.41, 5.74) is 1.64. The second-order valence-electron chi connectivity index (χ2n) is 5.55. The van der Waals surface area contributed by atoms with Gasteiger partial charge in [-0.05, 0) is 36.4 Å². The van der Waals surface area contributed by atoms with E-state index >= 15 is 0 Å². The van der Waals surface area contributed by atoms with Gasteiger partial charge < -0.3 is 15.0 Å². The fourth-order valence-electron chi connectivity index (χ4n) is 2.40. The van der Waals surface area contributed by atoms with Crippen LogP contribution in [0.25, 0.3) is 0 Å². The molecule has 0 aliphatic heterocycles. The van der Waals surface area contributed by atoms with Gasteiger partial charge in [-0.3, -0.25) is 4.79 Å². The number of rotatable bonds is 6. The lowest BCUT2D eigenvalue weighted by molar-refractivity contribution is -0.116. The molecule has 0 saturated heterocycles. The average molecular weight is 332 g/mol. The molecule has 0 aromatic heterocycles. The van der Waals surface area contributed by atoms with Gasteiger partial charge in [0.15, 0.2) is 5.75 Å². The summed E-state index contributed by atoms with van der Waals surface area (Å²) in [5.74, 6) is 1.41. The average Bonchev–Trinajstić information content (AvgIpc) is 2.68. The van der Waals surface area contributed by atoms with Crippen LogP contribution in [0.15, 0.2) is 84.9 Å². The summed E-state index contributed by atoms with van der Waals surface area (Å²) in [5, 5.41) is 3.17. The van der Waals surface area contributed by atoms with E-state index < -0.39 is 0 Å². The lowest BCUT2D eigenvalue weighted by Gasteiger charge is -2.18. The molecule has 0 spiro atoms. The zero-order chi connectivity index (χ0) is 17.5. The summed E-state index contributed by atoms with van der Waals surface area (Å²) >= 11 is 0. The minimum Gasteiger partial charge on any atom is -0.455 e. The van der Waals surface area contributed by atoms with E-state index in [2.05, 4.69) is 5.32 Å². The van der Waals surface area contributed by atoms with E-state index in [-0.39, 0.29) is 12.5 Å². The number of ether oxygens (including phenoxy) is 1. The smallest absolute Gasteiger partial charge is 0.246 e. The fraction of sp³-hybridized carbons (Fsp3) is 0.0952. The molecule has 0 bridgehead atoms. The number of carbonyl (C=O) groups is 1. The summed E-state index contributed by atoms with van der Waals surface area (Å²) in [6.07, 6.45) is 0. The van der Waals surface area contributed by atoms with Gasteiger partial charge in [0.1, 0.15) is 5.75 Å². The van der Waals surface area contributed by atoms with Gasteiger partial charge >= 0.3 is 0 Å². The minimum absolute atomic E-state index is 0.0271. The van der Waals surface area contributed by atoms with Crippen LogP contribution in [0.2, 0.25) is 0 Å². The molecule has 4 heteroatoms. The van der Waals surface area contributed by atoms with Crippen LogP contribution in [0.4, 0.5) is 11.4 Å². The zero-order valence-corrected chi connectivity index (χ0v) is 14.1. The van der Waals surface area contributed by atoms with Crippen LogP contribution in [0.5, 0.6) is 11.5 Å². The molecule has 3 rings (SSSR count). The molecule has 0 unspecified atom stereocenters. The summed E-state index contributed by atoms with van der Waals surface area (Å²) in [4.78, 5) is 14.0. The van der Waals surface area contributed by atoms with Crippen LogP contribution in [-0.2, 0) is 4.79 Å². The van der Waals surface area contributed by atoms with E-state index in [9.17, 15) is 4.79 Å². The van der Waals surface area contributed by atoms with E-state index in [1.165, 1.54) is 0 Å². The maximum Gasteiger partial charge on any atom is 0.246 e. The number of carbonyl (C=O) groups excluding carboxylic acids is 1. The van der Waals surface area contributed by atoms with Gasteiger partial charge in [-0.2, -0.15) is 0 Å². The van der Waals surface area contributed by atoms with Crippen molar-refractivity contribution in [1.82, 2.24) is 0 Å². The van der Waals surface area contributed by atoms with Gasteiger partial charge in [0.25, 0.3) is 0 Å². The first kappa shape index (κ1) is 16.6. The second kappa shape index (κ2) is 8.02. The highest BCUT2D eigenvalue weighted by molar-refractivity contribution is 5.95. The van der Waals surface area contributed by atoms with Gasteiger partial charge in [-0.25, -0.2) is 0 Å². The Bertz CT molecular complexity index is 820. The number of nitrogens with zero attached hydrogens (tertiary/aromatic N) is 1. The Morgan fingerprint density at radius 1 is 0.880 bits per heavy atom. The Morgan fingerprint density at radius 2 is 1.48 bits per heavy atom. The van der Waals surface area contributed by atoms with E-state index in [1.807, 2.05) is 84.9 Å². The van der Waals surface area contributed by atoms with Gasteiger partial charge in [0.2, 0.25) is 5.91 Å². The highest BCUT2D eigenvalue weighted by Gasteiger charge is 2.11. The Kier molecular flexibility index (Phi) is 5.32. The summed E-state index contributed by atoms with van der Waals surface area (Å²) < 4.78 is 5.90. The summed E-state index contributed by atoms with van der Waals surface area (Å²) in [6.45, 7) is 0.181. The first-order chi connectivity index (χ1) is 12.2. The lowest BCUT2D eigenvalue weighted by Crippen LogP contribution is -2.32. The van der Waals surface area contributed by atoms with Gasteiger partial charge in [-0.1, -0.05) is 48.5 Å². The van der Waals surface area contributed by atoms with Gasteiger partial charge in [0.05, 0.1) is 12.2 Å².